The molecule has 8 nitrogen and oxygen atoms in total. The Morgan fingerprint density at radius 2 is 1.86 bits per heavy atom. The van der Waals surface area contributed by atoms with Crippen molar-refractivity contribution in [3.05, 3.63) is 84.7 Å². The van der Waals surface area contributed by atoms with Gasteiger partial charge < -0.3 is 10.6 Å². The first kappa shape index (κ1) is 23.4. The number of carbonyl (C=O) groups is 2. The van der Waals surface area contributed by atoms with Crippen LogP contribution in [-0.2, 0) is 11.2 Å². The maximum atomic E-state index is 12.5. The van der Waals surface area contributed by atoms with E-state index >= 15 is 0 Å². The Hall–Kier alpha value is -4.33. The van der Waals surface area contributed by atoms with Gasteiger partial charge in [-0.15, -0.1) is 0 Å². The fourth-order valence-corrected chi connectivity index (χ4v) is 4.79. The van der Waals surface area contributed by atoms with Gasteiger partial charge in [-0.25, -0.2) is 14.6 Å². The van der Waals surface area contributed by atoms with Gasteiger partial charge in [0.25, 0.3) is 0 Å². The standard InChI is InChI=1S/C28H28N6O2/c1-2-24(36)33-16-6-9-22(17-33)34-28-25(27(29)30-18-31-28)26(32-34)21-13-10-19(11-14-21)12-15-23(35)20-7-4-3-5-8-20/h2-5,7-8,10-11,13-14,18,22H,1,6,9,12,15-17H2,(H2,29,30,31)/t22-/m1/s1. The molecule has 2 N–H and O–H groups in total. The van der Waals surface area contributed by atoms with E-state index in [2.05, 4.69) is 16.5 Å². The average molecular weight is 481 g/mol. The van der Waals surface area contributed by atoms with Crippen molar-refractivity contribution >= 4 is 28.5 Å². The molecule has 5 rings (SSSR count). The summed E-state index contributed by atoms with van der Waals surface area (Å²) in [5.74, 6) is 0.422. The van der Waals surface area contributed by atoms with Crippen LogP contribution >= 0.6 is 0 Å². The van der Waals surface area contributed by atoms with Crippen LogP contribution in [0, 0.1) is 0 Å². The predicted molar refractivity (Wildman–Crippen MR) is 139 cm³/mol. The number of piperidine rings is 1. The van der Waals surface area contributed by atoms with Crippen molar-refractivity contribution in [3.63, 3.8) is 0 Å². The van der Waals surface area contributed by atoms with E-state index in [1.54, 1.807) is 4.90 Å². The summed E-state index contributed by atoms with van der Waals surface area (Å²) < 4.78 is 1.89. The molecule has 182 valence electrons. The Morgan fingerprint density at radius 1 is 1.08 bits per heavy atom. The Bertz CT molecular complexity index is 1410. The quantitative estimate of drug-likeness (QED) is 0.313. The number of anilines is 1. The number of aryl methyl sites for hydroxylation is 1. The lowest BCUT2D eigenvalue weighted by Gasteiger charge is -2.32. The highest BCUT2D eigenvalue weighted by atomic mass is 16.2. The summed E-state index contributed by atoms with van der Waals surface area (Å²) in [5, 5.41) is 5.63. The summed E-state index contributed by atoms with van der Waals surface area (Å²) in [6.45, 7) is 4.86. The van der Waals surface area contributed by atoms with E-state index in [0.29, 0.717) is 48.5 Å². The molecule has 0 aliphatic carbocycles. The average Bonchev–Trinajstić information content (AvgIpc) is 3.33. The van der Waals surface area contributed by atoms with Gasteiger partial charge in [0.05, 0.1) is 11.4 Å². The molecule has 1 aliphatic rings. The zero-order chi connectivity index (χ0) is 25.1. The van der Waals surface area contributed by atoms with Gasteiger partial charge in [-0.1, -0.05) is 61.2 Å². The second-order valence-electron chi connectivity index (χ2n) is 9.02. The first-order valence-electron chi connectivity index (χ1n) is 12.1. The predicted octanol–water partition coefficient (Wildman–Crippen LogP) is 4.24. The van der Waals surface area contributed by atoms with Gasteiger partial charge in [0.1, 0.15) is 17.8 Å². The SMILES string of the molecule is C=CC(=O)N1CCC[C@@H](n2nc(-c3ccc(CCC(=O)c4ccccc4)cc3)c3c(N)ncnc32)C1. The fourth-order valence-electron chi connectivity index (χ4n) is 4.79. The Morgan fingerprint density at radius 3 is 2.61 bits per heavy atom. The molecule has 1 saturated heterocycles. The third-order valence-corrected chi connectivity index (χ3v) is 6.71. The first-order chi connectivity index (χ1) is 17.5. The van der Waals surface area contributed by atoms with Crippen molar-refractivity contribution in [2.45, 2.75) is 31.7 Å². The van der Waals surface area contributed by atoms with Crippen LogP contribution in [0.5, 0.6) is 0 Å². The van der Waals surface area contributed by atoms with Crippen molar-refractivity contribution in [1.82, 2.24) is 24.6 Å². The minimum atomic E-state index is -0.0770. The number of amides is 1. The summed E-state index contributed by atoms with van der Waals surface area (Å²) in [5.41, 5.74) is 10.4. The molecule has 8 heteroatoms. The molecule has 0 radical (unpaired) electrons. The second kappa shape index (κ2) is 10.1. The molecule has 0 spiro atoms. The van der Waals surface area contributed by atoms with Crippen molar-refractivity contribution in [3.8, 4) is 11.3 Å². The topological polar surface area (TPSA) is 107 Å². The molecule has 1 aliphatic heterocycles. The molecule has 1 atom stereocenters. The van der Waals surface area contributed by atoms with Crippen molar-refractivity contribution in [2.75, 3.05) is 18.8 Å². The van der Waals surface area contributed by atoms with Crippen LogP contribution in [0.4, 0.5) is 5.82 Å². The van der Waals surface area contributed by atoms with Gasteiger partial charge in [-0.05, 0) is 30.9 Å². The lowest BCUT2D eigenvalue weighted by atomic mass is 10.0. The molecule has 0 saturated carbocycles. The molecule has 0 bridgehead atoms. The lowest BCUT2D eigenvalue weighted by Crippen LogP contribution is -2.40. The second-order valence-corrected chi connectivity index (χ2v) is 9.02. The van der Waals surface area contributed by atoms with E-state index in [1.807, 2.05) is 59.3 Å². The maximum Gasteiger partial charge on any atom is 0.246 e. The highest BCUT2D eigenvalue weighted by molar-refractivity contribution is 5.98. The monoisotopic (exact) mass is 480 g/mol. The van der Waals surface area contributed by atoms with Gasteiger partial charge in [0.15, 0.2) is 11.4 Å². The van der Waals surface area contributed by atoms with Crippen LogP contribution in [0.2, 0.25) is 0 Å². The molecule has 3 heterocycles. The lowest BCUT2D eigenvalue weighted by molar-refractivity contribution is -0.127. The van der Waals surface area contributed by atoms with Crippen LogP contribution < -0.4 is 5.73 Å². The van der Waals surface area contributed by atoms with E-state index in [0.717, 1.165) is 29.5 Å². The fraction of sp³-hybridized carbons (Fsp3) is 0.250. The third kappa shape index (κ3) is 4.62. The van der Waals surface area contributed by atoms with Gasteiger partial charge >= 0.3 is 0 Å². The molecule has 2 aromatic carbocycles. The summed E-state index contributed by atoms with van der Waals surface area (Å²) in [4.78, 5) is 35.2. The minimum absolute atomic E-state index is 0.0172. The van der Waals surface area contributed by atoms with Crippen LogP contribution in [0.1, 0.15) is 41.2 Å². The number of nitrogens with two attached hydrogens (primary N) is 1. The Kier molecular flexibility index (Phi) is 6.58. The zero-order valence-electron chi connectivity index (χ0n) is 20.0. The first-order valence-corrected chi connectivity index (χ1v) is 12.1. The number of ketones is 1. The van der Waals surface area contributed by atoms with Gasteiger partial charge in [0, 0.05) is 30.6 Å². The normalized spacial score (nSPS) is 15.7. The highest BCUT2D eigenvalue weighted by Gasteiger charge is 2.28. The number of benzene rings is 2. The largest absolute Gasteiger partial charge is 0.383 e. The van der Waals surface area contributed by atoms with Crippen molar-refractivity contribution < 1.29 is 9.59 Å². The Balaban J connectivity index is 1.40. The number of likely N-dealkylation sites (tertiary alicyclic amines) is 1. The van der Waals surface area contributed by atoms with Crippen LogP contribution in [0.15, 0.2) is 73.6 Å². The van der Waals surface area contributed by atoms with E-state index in [9.17, 15) is 9.59 Å². The van der Waals surface area contributed by atoms with Crippen LogP contribution in [0.25, 0.3) is 22.3 Å². The summed E-state index contributed by atoms with van der Waals surface area (Å²) in [6.07, 6.45) is 5.66. The van der Waals surface area contributed by atoms with E-state index in [1.165, 1.54) is 12.4 Å². The number of carbonyl (C=O) groups excluding carboxylic acids is 2. The van der Waals surface area contributed by atoms with Gasteiger partial charge in [-0.3, -0.25) is 9.59 Å². The van der Waals surface area contributed by atoms with Crippen molar-refractivity contribution in [2.24, 2.45) is 0 Å². The van der Waals surface area contributed by atoms with Crippen LogP contribution in [0.3, 0.4) is 0 Å². The minimum Gasteiger partial charge on any atom is -0.383 e. The third-order valence-electron chi connectivity index (χ3n) is 6.71. The van der Waals surface area contributed by atoms with E-state index in [-0.39, 0.29) is 17.7 Å². The number of rotatable bonds is 7. The maximum absolute atomic E-state index is 12.5. The highest BCUT2D eigenvalue weighted by Crippen LogP contribution is 2.34. The molecule has 1 amide bonds. The molecular formula is C28H28N6O2. The molecule has 2 aromatic heterocycles. The summed E-state index contributed by atoms with van der Waals surface area (Å²) >= 11 is 0. The van der Waals surface area contributed by atoms with Crippen molar-refractivity contribution in [1.29, 1.82) is 0 Å². The molecule has 0 unspecified atom stereocenters. The number of nitrogens with zero attached hydrogens (tertiary/aromatic N) is 5. The van der Waals surface area contributed by atoms with E-state index in [4.69, 9.17) is 10.8 Å². The Labute approximate surface area is 209 Å². The van der Waals surface area contributed by atoms with Gasteiger partial charge in [0.2, 0.25) is 5.91 Å². The van der Waals surface area contributed by atoms with E-state index < -0.39 is 0 Å². The number of hydrogen-bond donors (Lipinski definition) is 1. The smallest absolute Gasteiger partial charge is 0.246 e. The number of aromatic nitrogens is 4. The molecule has 36 heavy (non-hydrogen) atoms. The number of nitrogen functional groups attached to an aromatic ring is 1. The summed E-state index contributed by atoms with van der Waals surface area (Å²) in [7, 11) is 0. The molecular weight excluding hydrogens is 452 g/mol. The summed E-state index contributed by atoms with van der Waals surface area (Å²) in [6, 6.07) is 17.4. The number of fused-ring (bicyclic) bond motifs is 1. The zero-order valence-corrected chi connectivity index (χ0v) is 20.0. The molecule has 4 aromatic rings. The number of Topliss-reactive ketones (excluding diaryl/α,β-unsaturated/α-hetero) is 1. The molecule has 1 fully saturated rings. The van der Waals surface area contributed by atoms with Crippen LogP contribution in [-0.4, -0.2) is 49.4 Å². The van der Waals surface area contributed by atoms with Gasteiger partial charge in [-0.2, -0.15) is 5.10 Å². The number of hydrogen-bond acceptors (Lipinski definition) is 6.